The van der Waals surface area contributed by atoms with Crippen LogP contribution in [0.4, 0.5) is 4.79 Å². The molecule has 1 fully saturated rings. The van der Waals surface area contributed by atoms with Crippen molar-refractivity contribution in [3.63, 3.8) is 0 Å². The predicted molar refractivity (Wildman–Crippen MR) is 57.9 cm³/mol. The Bertz CT molecular complexity index is 337. The molecule has 2 rings (SSSR count). The molecule has 1 atom stereocenters. The van der Waals surface area contributed by atoms with Crippen molar-refractivity contribution in [2.45, 2.75) is 19.6 Å². The molecule has 5 nitrogen and oxygen atoms in total. The highest BCUT2D eigenvalue weighted by Gasteiger charge is 2.20. The Morgan fingerprint density at radius 3 is 3.25 bits per heavy atom. The van der Waals surface area contributed by atoms with E-state index in [2.05, 4.69) is 5.32 Å². The van der Waals surface area contributed by atoms with E-state index in [0.717, 1.165) is 5.76 Å². The number of carbonyl (C=O) groups excluding carboxylic acids is 1. The van der Waals surface area contributed by atoms with E-state index in [0.29, 0.717) is 26.2 Å². The molecule has 1 N–H and O–H groups in total. The first-order valence-electron chi connectivity index (χ1n) is 5.42. The van der Waals surface area contributed by atoms with Gasteiger partial charge in [-0.15, -0.1) is 0 Å². The van der Waals surface area contributed by atoms with Crippen molar-refractivity contribution in [1.82, 2.24) is 10.2 Å². The molecule has 16 heavy (non-hydrogen) atoms. The number of morpholine rings is 1. The third-order valence-corrected chi connectivity index (χ3v) is 2.52. The van der Waals surface area contributed by atoms with E-state index in [-0.39, 0.29) is 12.1 Å². The van der Waals surface area contributed by atoms with E-state index in [1.807, 2.05) is 13.0 Å². The van der Waals surface area contributed by atoms with Gasteiger partial charge < -0.3 is 19.4 Å². The van der Waals surface area contributed by atoms with Gasteiger partial charge in [-0.25, -0.2) is 4.79 Å². The summed E-state index contributed by atoms with van der Waals surface area (Å²) >= 11 is 0. The normalized spacial score (nSPS) is 20.8. The first kappa shape index (κ1) is 11.0. The molecule has 1 unspecified atom stereocenters. The number of rotatable bonds is 2. The van der Waals surface area contributed by atoms with Crippen molar-refractivity contribution in [3.8, 4) is 0 Å². The number of amides is 2. The second-order valence-corrected chi connectivity index (χ2v) is 3.87. The van der Waals surface area contributed by atoms with E-state index >= 15 is 0 Å². The number of ether oxygens (including phenoxy) is 1. The molecule has 1 aromatic heterocycles. The predicted octanol–water partition coefficient (Wildman–Crippen LogP) is 1.21. The minimum atomic E-state index is -0.0634. The molecule has 0 aromatic carbocycles. The zero-order chi connectivity index (χ0) is 11.4. The molecule has 1 aliphatic rings. The maximum absolute atomic E-state index is 11.8. The second kappa shape index (κ2) is 5.03. The van der Waals surface area contributed by atoms with Crippen LogP contribution in [-0.4, -0.2) is 36.7 Å². The second-order valence-electron chi connectivity index (χ2n) is 3.87. The largest absolute Gasteiger partial charge is 0.467 e. The van der Waals surface area contributed by atoms with Crippen LogP contribution in [0, 0.1) is 0 Å². The highest BCUT2D eigenvalue weighted by atomic mass is 16.5. The van der Waals surface area contributed by atoms with Crippen LogP contribution in [0.5, 0.6) is 0 Å². The fourth-order valence-electron chi connectivity index (χ4n) is 1.69. The number of urea groups is 1. The minimum Gasteiger partial charge on any atom is -0.467 e. The molecule has 1 saturated heterocycles. The van der Waals surface area contributed by atoms with Gasteiger partial charge in [0.15, 0.2) is 0 Å². The van der Waals surface area contributed by atoms with Crippen molar-refractivity contribution >= 4 is 6.03 Å². The summed E-state index contributed by atoms with van der Waals surface area (Å²) in [5.74, 6) is 0.759. The van der Waals surface area contributed by atoms with Crippen molar-refractivity contribution in [2.24, 2.45) is 0 Å². The monoisotopic (exact) mass is 224 g/mol. The fraction of sp³-hybridized carbons (Fsp3) is 0.545. The van der Waals surface area contributed by atoms with Gasteiger partial charge in [0.05, 0.1) is 25.5 Å². The average Bonchev–Trinajstić information content (AvgIpc) is 2.78. The third-order valence-electron chi connectivity index (χ3n) is 2.52. The lowest BCUT2D eigenvalue weighted by Crippen LogP contribution is -2.48. The summed E-state index contributed by atoms with van der Waals surface area (Å²) in [6.07, 6.45) is 1.71. The molecule has 2 heterocycles. The summed E-state index contributed by atoms with van der Waals surface area (Å²) in [4.78, 5) is 13.5. The quantitative estimate of drug-likeness (QED) is 0.821. The van der Waals surface area contributed by atoms with Crippen LogP contribution >= 0.6 is 0 Å². The molecule has 0 bridgehead atoms. The molecule has 1 aromatic rings. The lowest BCUT2D eigenvalue weighted by atomic mass is 10.3. The number of nitrogens with zero attached hydrogens (tertiary/aromatic N) is 1. The zero-order valence-electron chi connectivity index (χ0n) is 9.31. The first-order valence-corrected chi connectivity index (χ1v) is 5.42. The lowest BCUT2D eigenvalue weighted by molar-refractivity contribution is -0.00356. The summed E-state index contributed by atoms with van der Waals surface area (Å²) in [6, 6.07) is 3.58. The molecule has 5 heteroatoms. The van der Waals surface area contributed by atoms with Crippen molar-refractivity contribution < 1.29 is 13.9 Å². The van der Waals surface area contributed by atoms with Crippen LogP contribution in [0.15, 0.2) is 22.8 Å². The highest BCUT2D eigenvalue weighted by molar-refractivity contribution is 5.74. The molecule has 0 saturated carbocycles. The maximum atomic E-state index is 11.8. The Morgan fingerprint density at radius 1 is 1.69 bits per heavy atom. The fourth-order valence-corrected chi connectivity index (χ4v) is 1.69. The summed E-state index contributed by atoms with van der Waals surface area (Å²) in [5, 5.41) is 2.81. The van der Waals surface area contributed by atoms with E-state index < -0.39 is 0 Å². The van der Waals surface area contributed by atoms with E-state index in [4.69, 9.17) is 9.15 Å². The van der Waals surface area contributed by atoms with Gasteiger partial charge in [0, 0.05) is 13.1 Å². The van der Waals surface area contributed by atoms with Crippen LogP contribution < -0.4 is 5.32 Å². The number of hydrogen-bond donors (Lipinski definition) is 1. The molecular weight excluding hydrogens is 208 g/mol. The topological polar surface area (TPSA) is 54.7 Å². The van der Waals surface area contributed by atoms with Crippen molar-refractivity contribution in [2.75, 3.05) is 19.7 Å². The number of furan rings is 1. The maximum Gasteiger partial charge on any atom is 0.317 e. The molecule has 2 amide bonds. The Kier molecular flexibility index (Phi) is 3.46. The van der Waals surface area contributed by atoms with Crippen LogP contribution in [0.25, 0.3) is 0 Å². The third kappa shape index (κ3) is 2.76. The van der Waals surface area contributed by atoms with Gasteiger partial charge in [-0.2, -0.15) is 0 Å². The van der Waals surface area contributed by atoms with Gasteiger partial charge in [0.25, 0.3) is 0 Å². The Balaban J connectivity index is 1.79. The summed E-state index contributed by atoms with van der Waals surface area (Å²) < 4.78 is 10.5. The molecule has 0 aliphatic carbocycles. The van der Waals surface area contributed by atoms with Crippen molar-refractivity contribution in [3.05, 3.63) is 24.2 Å². The van der Waals surface area contributed by atoms with Gasteiger partial charge in [0.2, 0.25) is 0 Å². The SMILES string of the molecule is CC1CN(C(=O)NCc2ccco2)CCO1. The summed E-state index contributed by atoms with van der Waals surface area (Å²) in [6.45, 7) is 4.29. The highest BCUT2D eigenvalue weighted by Crippen LogP contribution is 2.05. The molecule has 88 valence electrons. The van der Waals surface area contributed by atoms with Crippen LogP contribution in [0.1, 0.15) is 12.7 Å². The number of hydrogen-bond acceptors (Lipinski definition) is 3. The van der Waals surface area contributed by atoms with Gasteiger partial charge in [0.1, 0.15) is 5.76 Å². The Hall–Kier alpha value is -1.49. The Morgan fingerprint density at radius 2 is 2.56 bits per heavy atom. The van der Waals surface area contributed by atoms with Gasteiger partial charge in [-0.3, -0.25) is 0 Å². The molecular formula is C11H16N2O3. The number of nitrogens with one attached hydrogen (secondary N) is 1. The van der Waals surface area contributed by atoms with E-state index in [1.165, 1.54) is 0 Å². The smallest absolute Gasteiger partial charge is 0.317 e. The minimum absolute atomic E-state index is 0.0634. The first-order chi connectivity index (χ1) is 7.75. The van der Waals surface area contributed by atoms with E-state index in [1.54, 1.807) is 17.2 Å². The van der Waals surface area contributed by atoms with Gasteiger partial charge in [-0.1, -0.05) is 0 Å². The van der Waals surface area contributed by atoms with Crippen LogP contribution in [-0.2, 0) is 11.3 Å². The Labute approximate surface area is 94.4 Å². The van der Waals surface area contributed by atoms with Crippen LogP contribution in [0.2, 0.25) is 0 Å². The summed E-state index contributed by atoms with van der Waals surface area (Å²) in [5.41, 5.74) is 0. The number of carbonyl (C=O) groups is 1. The molecule has 0 radical (unpaired) electrons. The molecule has 0 spiro atoms. The molecule has 1 aliphatic heterocycles. The van der Waals surface area contributed by atoms with Crippen molar-refractivity contribution in [1.29, 1.82) is 0 Å². The van der Waals surface area contributed by atoms with Crippen LogP contribution in [0.3, 0.4) is 0 Å². The standard InChI is InChI=1S/C11H16N2O3/c1-9-8-13(4-6-15-9)11(14)12-7-10-3-2-5-16-10/h2-3,5,9H,4,6-8H2,1H3,(H,12,14). The summed E-state index contributed by atoms with van der Waals surface area (Å²) in [7, 11) is 0. The lowest BCUT2D eigenvalue weighted by Gasteiger charge is -2.31. The average molecular weight is 224 g/mol. The zero-order valence-corrected chi connectivity index (χ0v) is 9.31. The van der Waals surface area contributed by atoms with E-state index in [9.17, 15) is 4.79 Å². The van der Waals surface area contributed by atoms with Gasteiger partial charge in [-0.05, 0) is 19.1 Å². The van der Waals surface area contributed by atoms with Gasteiger partial charge >= 0.3 is 6.03 Å².